The number of carbonyl (C=O) groups excluding carboxylic acids is 2. The van der Waals surface area contributed by atoms with Crippen molar-refractivity contribution in [3.63, 3.8) is 0 Å². The number of fused-ring (bicyclic) bond motifs is 1. The van der Waals surface area contributed by atoms with Gasteiger partial charge in [-0.2, -0.15) is 10.1 Å². The zero-order chi connectivity index (χ0) is 14.1. The van der Waals surface area contributed by atoms with Crippen LogP contribution in [0.15, 0.2) is 34.5 Å². The standard InChI is InChI=1S/C12H9N5O3/c1-6-13-12(16-14-6)17-15-9-10(18)7-4-2-3-5-8(7)20-11(9)19/h2-5,9H,1H3,(H,13,14,16). The first-order chi connectivity index (χ1) is 9.65. The number of rotatable bonds is 2. The van der Waals surface area contributed by atoms with E-state index in [1.54, 1.807) is 31.2 Å². The van der Waals surface area contributed by atoms with Crippen molar-refractivity contribution in [2.45, 2.75) is 13.0 Å². The molecule has 1 unspecified atom stereocenters. The van der Waals surface area contributed by atoms with Crippen LogP contribution in [0.3, 0.4) is 0 Å². The molecule has 3 rings (SSSR count). The second-order valence-corrected chi connectivity index (χ2v) is 4.12. The molecule has 0 spiro atoms. The van der Waals surface area contributed by atoms with E-state index in [0.717, 1.165) is 0 Å². The number of H-pyrrole nitrogens is 1. The van der Waals surface area contributed by atoms with Crippen LogP contribution < -0.4 is 4.74 Å². The topological polar surface area (TPSA) is 110 Å². The van der Waals surface area contributed by atoms with Gasteiger partial charge in [0.15, 0.2) is 0 Å². The first-order valence-electron chi connectivity index (χ1n) is 5.80. The summed E-state index contributed by atoms with van der Waals surface area (Å²) in [6.07, 6.45) is 0. The van der Waals surface area contributed by atoms with Crippen LogP contribution in [0.5, 0.6) is 5.75 Å². The van der Waals surface area contributed by atoms with E-state index in [4.69, 9.17) is 4.74 Å². The lowest BCUT2D eigenvalue weighted by molar-refractivity contribution is -0.135. The third-order valence-electron chi connectivity index (χ3n) is 2.68. The Bertz CT molecular complexity index is 721. The van der Waals surface area contributed by atoms with Crippen molar-refractivity contribution in [2.75, 3.05) is 0 Å². The molecular formula is C12H9N5O3. The number of azo groups is 1. The highest BCUT2D eigenvalue weighted by Gasteiger charge is 2.36. The molecule has 8 heteroatoms. The summed E-state index contributed by atoms with van der Waals surface area (Å²) in [6, 6.07) is 5.17. The number of hydrogen-bond donors (Lipinski definition) is 1. The van der Waals surface area contributed by atoms with Gasteiger partial charge in [-0.1, -0.05) is 12.1 Å². The molecule has 1 aliphatic rings. The summed E-state index contributed by atoms with van der Waals surface area (Å²) in [5.41, 5.74) is 0.308. The van der Waals surface area contributed by atoms with Gasteiger partial charge in [-0.3, -0.25) is 9.89 Å². The predicted molar refractivity (Wildman–Crippen MR) is 65.8 cm³/mol. The van der Waals surface area contributed by atoms with Gasteiger partial charge >= 0.3 is 5.97 Å². The van der Waals surface area contributed by atoms with Crippen molar-refractivity contribution < 1.29 is 14.3 Å². The Kier molecular flexibility index (Phi) is 2.82. The van der Waals surface area contributed by atoms with Gasteiger partial charge in [0, 0.05) is 0 Å². The summed E-state index contributed by atoms with van der Waals surface area (Å²) in [5, 5.41) is 13.7. The number of nitrogens with zero attached hydrogens (tertiary/aromatic N) is 4. The molecule has 20 heavy (non-hydrogen) atoms. The molecule has 0 fully saturated rings. The number of para-hydroxylation sites is 1. The monoisotopic (exact) mass is 271 g/mol. The minimum absolute atomic E-state index is 0.0574. The molecule has 0 bridgehead atoms. The average Bonchev–Trinajstić information content (AvgIpc) is 2.84. The van der Waals surface area contributed by atoms with Crippen LogP contribution in [0.4, 0.5) is 5.95 Å². The van der Waals surface area contributed by atoms with E-state index in [1.807, 2.05) is 0 Å². The van der Waals surface area contributed by atoms with Gasteiger partial charge in [0.25, 0.3) is 5.95 Å². The molecule has 0 amide bonds. The third-order valence-corrected chi connectivity index (χ3v) is 2.68. The number of aryl methyl sites for hydroxylation is 1. The van der Waals surface area contributed by atoms with Gasteiger partial charge in [-0.05, 0) is 19.1 Å². The first kappa shape index (κ1) is 12.2. The summed E-state index contributed by atoms with van der Waals surface area (Å²) in [4.78, 5) is 27.8. The van der Waals surface area contributed by atoms with Crippen molar-refractivity contribution in [2.24, 2.45) is 10.2 Å². The number of benzene rings is 1. The maximum Gasteiger partial charge on any atom is 0.346 e. The fourth-order valence-corrected chi connectivity index (χ4v) is 1.76. The molecular weight excluding hydrogens is 262 g/mol. The zero-order valence-corrected chi connectivity index (χ0v) is 10.4. The zero-order valence-electron chi connectivity index (χ0n) is 10.4. The molecule has 2 heterocycles. The van der Waals surface area contributed by atoms with Gasteiger partial charge in [0.05, 0.1) is 5.56 Å². The molecule has 1 aliphatic heterocycles. The highest BCUT2D eigenvalue weighted by Crippen LogP contribution is 2.26. The number of aromatic nitrogens is 3. The van der Waals surface area contributed by atoms with Gasteiger partial charge in [0.1, 0.15) is 11.6 Å². The number of aromatic amines is 1. The van der Waals surface area contributed by atoms with Crippen LogP contribution in [-0.2, 0) is 4.79 Å². The Balaban J connectivity index is 1.89. The summed E-state index contributed by atoms with van der Waals surface area (Å²) >= 11 is 0. The Labute approximate surface area is 112 Å². The molecule has 2 aromatic rings. The number of carbonyl (C=O) groups is 2. The summed E-state index contributed by atoms with van der Waals surface area (Å²) in [7, 11) is 0. The van der Waals surface area contributed by atoms with Gasteiger partial charge in [-0.15, -0.1) is 10.2 Å². The van der Waals surface area contributed by atoms with Gasteiger partial charge < -0.3 is 4.74 Å². The second-order valence-electron chi connectivity index (χ2n) is 4.12. The highest BCUT2D eigenvalue weighted by atomic mass is 16.5. The fourth-order valence-electron chi connectivity index (χ4n) is 1.76. The summed E-state index contributed by atoms with van der Waals surface area (Å²) in [6.45, 7) is 1.70. The normalized spacial score (nSPS) is 18.1. The summed E-state index contributed by atoms with van der Waals surface area (Å²) in [5.74, 6) is -0.357. The van der Waals surface area contributed by atoms with Crippen LogP contribution in [0, 0.1) is 6.92 Å². The van der Waals surface area contributed by atoms with Crippen molar-refractivity contribution >= 4 is 17.7 Å². The molecule has 0 saturated carbocycles. The van der Waals surface area contributed by atoms with Crippen LogP contribution >= 0.6 is 0 Å². The Morgan fingerprint density at radius 3 is 2.85 bits per heavy atom. The Morgan fingerprint density at radius 1 is 1.30 bits per heavy atom. The lowest BCUT2D eigenvalue weighted by Crippen LogP contribution is -2.36. The number of nitrogens with one attached hydrogen (secondary N) is 1. The van der Waals surface area contributed by atoms with Gasteiger partial charge in [-0.25, -0.2) is 4.79 Å². The number of ketones is 1. The van der Waals surface area contributed by atoms with E-state index in [-0.39, 0.29) is 11.7 Å². The van der Waals surface area contributed by atoms with Gasteiger partial charge in [0.2, 0.25) is 11.8 Å². The molecule has 1 aromatic carbocycles. The van der Waals surface area contributed by atoms with Crippen molar-refractivity contribution in [3.8, 4) is 5.75 Å². The van der Waals surface area contributed by atoms with E-state index in [2.05, 4.69) is 25.4 Å². The lowest BCUT2D eigenvalue weighted by Gasteiger charge is -2.18. The van der Waals surface area contributed by atoms with E-state index in [9.17, 15) is 9.59 Å². The SMILES string of the molecule is Cc1nc(N=NC2C(=O)Oc3ccccc3C2=O)n[nH]1. The van der Waals surface area contributed by atoms with Crippen LogP contribution in [0.25, 0.3) is 0 Å². The van der Waals surface area contributed by atoms with Crippen molar-refractivity contribution in [3.05, 3.63) is 35.7 Å². The molecule has 1 N–H and O–H groups in total. The minimum Gasteiger partial charge on any atom is -0.424 e. The number of esters is 1. The molecule has 100 valence electrons. The molecule has 0 saturated heterocycles. The molecule has 0 radical (unpaired) electrons. The van der Waals surface area contributed by atoms with Crippen LogP contribution in [0.1, 0.15) is 16.2 Å². The molecule has 1 atom stereocenters. The Hall–Kier alpha value is -2.90. The maximum atomic E-state index is 12.2. The van der Waals surface area contributed by atoms with E-state index in [1.165, 1.54) is 0 Å². The minimum atomic E-state index is -1.32. The molecule has 0 aliphatic carbocycles. The van der Waals surface area contributed by atoms with Crippen LogP contribution in [-0.4, -0.2) is 33.0 Å². The van der Waals surface area contributed by atoms with E-state index >= 15 is 0 Å². The maximum absolute atomic E-state index is 12.2. The number of ether oxygens (including phenoxy) is 1. The third kappa shape index (κ3) is 2.07. The van der Waals surface area contributed by atoms with Crippen molar-refractivity contribution in [1.29, 1.82) is 0 Å². The number of Topliss-reactive ketones (excluding diaryl/α,β-unsaturated/α-hetero) is 1. The van der Waals surface area contributed by atoms with Crippen LogP contribution in [0.2, 0.25) is 0 Å². The lowest BCUT2D eigenvalue weighted by atomic mass is 10.0. The van der Waals surface area contributed by atoms with E-state index < -0.39 is 17.8 Å². The smallest absolute Gasteiger partial charge is 0.346 e. The predicted octanol–water partition coefficient (Wildman–Crippen LogP) is 1.37. The number of hydrogen-bond acceptors (Lipinski definition) is 7. The molecule has 8 nitrogen and oxygen atoms in total. The first-order valence-corrected chi connectivity index (χ1v) is 5.80. The average molecular weight is 271 g/mol. The largest absolute Gasteiger partial charge is 0.424 e. The van der Waals surface area contributed by atoms with Crippen molar-refractivity contribution in [1.82, 2.24) is 15.2 Å². The Morgan fingerprint density at radius 2 is 2.10 bits per heavy atom. The summed E-state index contributed by atoms with van der Waals surface area (Å²) < 4.78 is 5.05. The second kappa shape index (κ2) is 4.65. The van der Waals surface area contributed by atoms with E-state index in [0.29, 0.717) is 11.4 Å². The quantitative estimate of drug-likeness (QED) is 0.384. The molecule has 1 aromatic heterocycles. The fraction of sp³-hybridized carbons (Fsp3) is 0.167. The highest BCUT2D eigenvalue weighted by molar-refractivity contribution is 6.16.